The molecule has 1 fully saturated rings. The number of nitrogens with zero attached hydrogens (tertiary/aromatic N) is 2. The Hall–Kier alpha value is -8.53. The van der Waals surface area contributed by atoms with E-state index in [-0.39, 0.29) is 108 Å². The zero-order valence-corrected chi connectivity index (χ0v) is 60.2. The van der Waals surface area contributed by atoms with Gasteiger partial charge in [0.25, 0.3) is 23.6 Å². The van der Waals surface area contributed by atoms with Crippen molar-refractivity contribution in [3.8, 4) is 5.75 Å². The Morgan fingerprint density at radius 3 is 1.06 bits per heavy atom. The van der Waals surface area contributed by atoms with Crippen LogP contribution >= 0.6 is 81.2 Å². The van der Waals surface area contributed by atoms with Gasteiger partial charge in [-0.3, -0.25) is 38.4 Å². The zero-order chi connectivity index (χ0) is 74.3. The number of fused-ring (bicyclic) bond motifs is 4. The van der Waals surface area contributed by atoms with Crippen molar-refractivity contribution >= 4 is 172 Å². The van der Waals surface area contributed by atoms with Crippen LogP contribution in [0.4, 0.5) is 38.5 Å². The lowest BCUT2D eigenvalue weighted by atomic mass is 9.88. The fourth-order valence-electron chi connectivity index (χ4n) is 12.1. The first-order chi connectivity index (χ1) is 48.0. The second-order valence-corrected chi connectivity index (χ2v) is 29.3. The summed E-state index contributed by atoms with van der Waals surface area (Å²) in [5.74, 6) is -5.00. The van der Waals surface area contributed by atoms with Crippen LogP contribution in [0, 0.1) is 5.82 Å². The van der Waals surface area contributed by atoms with Gasteiger partial charge in [0.1, 0.15) is 11.6 Å². The summed E-state index contributed by atoms with van der Waals surface area (Å²) in [6.45, 7) is 2.03. The quantitative estimate of drug-likeness (QED) is 0.0417. The standard InChI is InChI=1S/C20H18Cl2N2O3.C18H16Cl2N2O3.C17H13Cl2NO5S.C17H13ClFNO4/c21-14-7-8-15(22)18-17(14)20(27,19(26)23-18)11-16(25)12-3-5-13(6-4-12)24-9-1-2-10-24;1-22(2)11-5-3-10(4-6-11)14(23)9-18(25)15-12(19)7-8-13(20)16(15)21-17(18)24;1-26(24,25)10-4-2-9(3-5-10)13(21)8-17(23)14-11(18)6-7-12(19)15(14)20-16(17)22;1-24-10-4-2-9(3-5-10)13(21)8-17(23)14-11(18)6-7-12(19)15(14)20-16(17)22/h3-8,27H,1-2,9-11H2,(H,23,26);3-8,25H,9H2,1-2H3,(H,21,24);2-7,23H,8H2,1H3,(H,20,22);2-7,23H,8H2,1H3,(H,20,22)/t20-;18-;2*17-/m0000/s1. The Labute approximate surface area is 618 Å². The molecule has 8 N–H and O–H groups in total. The predicted octanol–water partition coefficient (Wildman–Crippen LogP) is 13.2. The number of carbonyl (C=O) groups is 8. The highest BCUT2D eigenvalue weighted by molar-refractivity contribution is 7.90. The highest BCUT2D eigenvalue weighted by Gasteiger charge is 2.53. The first-order valence-corrected chi connectivity index (χ1v) is 35.4. The molecule has 0 aliphatic carbocycles. The van der Waals surface area contributed by atoms with E-state index in [2.05, 4.69) is 26.2 Å². The third kappa shape index (κ3) is 15.1. The van der Waals surface area contributed by atoms with E-state index in [1.54, 1.807) is 48.5 Å². The number of sulfone groups is 1. The van der Waals surface area contributed by atoms with E-state index < -0.39 is 98.9 Å². The molecule has 8 aromatic carbocycles. The molecule has 0 radical (unpaired) electrons. The van der Waals surface area contributed by atoms with Crippen molar-refractivity contribution < 1.29 is 76.3 Å². The van der Waals surface area contributed by atoms with Crippen LogP contribution in [-0.2, 0) is 51.4 Å². The van der Waals surface area contributed by atoms with E-state index in [1.165, 1.54) is 98.8 Å². The van der Waals surface area contributed by atoms with Crippen molar-refractivity contribution in [1.29, 1.82) is 0 Å². The van der Waals surface area contributed by atoms with Gasteiger partial charge in [-0.15, -0.1) is 0 Å². The van der Waals surface area contributed by atoms with Crippen molar-refractivity contribution in [3.63, 3.8) is 0 Å². The van der Waals surface area contributed by atoms with Crippen molar-refractivity contribution in [2.24, 2.45) is 0 Å². The van der Waals surface area contributed by atoms with Crippen LogP contribution in [0.2, 0.25) is 35.2 Å². The molecular weight excluding hydrogens is 1490 g/mol. The van der Waals surface area contributed by atoms with Gasteiger partial charge in [0.05, 0.1) is 75.5 Å². The molecule has 30 heteroatoms. The van der Waals surface area contributed by atoms with Crippen LogP contribution in [0.15, 0.2) is 150 Å². The lowest BCUT2D eigenvalue weighted by molar-refractivity contribution is -0.133. The van der Waals surface area contributed by atoms with Gasteiger partial charge in [0.15, 0.2) is 55.4 Å². The average Bonchev–Trinajstić information content (AvgIpc) is 1.61. The fraction of sp³-hybridized carbons (Fsp3) is 0.222. The number of anilines is 6. The van der Waals surface area contributed by atoms with Gasteiger partial charge in [0, 0.05) is 109 Å². The van der Waals surface area contributed by atoms with Gasteiger partial charge >= 0.3 is 0 Å². The predicted molar refractivity (Wildman–Crippen MR) is 388 cm³/mol. The summed E-state index contributed by atoms with van der Waals surface area (Å²) in [6, 6.07) is 36.9. The molecule has 0 spiro atoms. The number of Topliss-reactive ketones (excluding diaryl/α,β-unsaturated/α-hetero) is 4. The fourth-order valence-corrected chi connectivity index (χ4v) is 14.6. The first kappa shape index (κ1) is 76.1. The largest absolute Gasteiger partial charge is 0.497 e. The van der Waals surface area contributed by atoms with E-state index in [1.807, 2.05) is 31.1 Å². The summed E-state index contributed by atoms with van der Waals surface area (Å²) in [7, 11) is 1.89. The molecule has 8 aromatic rings. The highest BCUT2D eigenvalue weighted by atomic mass is 35.5. The molecule has 5 aliphatic heterocycles. The second kappa shape index (κ2) is 30.0. The van der Waals surface area contributed by atoms with Gasteiger partial charge in [-0.2, -0.15) is 0 Å². The van der Waals surface area contributed by atoms with Gasteiger partial charge < -0.3 is 56.2 Å². The molecule has 0 unspecified atom stereocenters. The monoisotopic (exact) mass is 1540 g/mol. The van der Waals surface area contributed by atoms with Crippen LogP contribution in [-0.4, -0.2) is 116 Å². The molecule has 13 rings (SSSR count). The summed E-state index contributed by atoms with van der Waals surface area (Å²) < 4.78 is 41.8. The highest BCUT2D eigenvalue weighted by Crippen LogP contribution is 2.50. The van der Waals surface area contributed by atoms with E-state index in [0.717, 1.165) is 36.8 Å². The summed E-state index contributed by atoms with van der Waals surface area (Å²) in [6.07, 6.45) is 1.45. The Kier molecular flexibility index (Phi) is 22.4. The third-order valence-electron chi connectivity index (χ3n) is 17.6. The number of aliphatic hydroxyl groups is 4. The number of ketones is 4. The third-order valence-corrected chi connectivity index (χ3v) is 20.9. The molecule has 102 heavy (non-hydrogen) atoms. The molecule has 4 amide bonds. The molecule has 5 heterocycles. The molecule has 21 nitrogen and oxygen atoms in total. The van der Waals surface area contributed by atoms with Crippen molar-refractivity contribution in [3.05, 3.63) is 231 Å². The van der Waals surface area contributed by atoms with Gasteiger partial charge in [0.2, 0.25) is 0 Å². The van der Waals surface area contributed by atoms with Crippen LogP contribution in [0.5, 0.6) is 5.75 Å². The summed E-state index contributed by atoms with van der Waals surface area (Å²) in [5, 5.41) is 54.4. The normalized spacial score (nSPS) is 19.5. The Morgan fingerprint density at radius 2 is 0.735 bits per heavy atom. The van der Waals surface area contributed by atoms with Gasteiger partial charge in [-0.1, -0.05) is 93.3 Å². The van der Waals surface area contributed by atoms with Crippen LogP contribution in [0.25, 0.3) is 0 Å². The van der Waals surface area contributed by atoms with E-state index in [9.17, 15) is 71.6 Å². The molecule has 0 bridgehead atoms. The number of halogens is 8. The summed E-state index contributed by atoms with van der Waals surface area (Å²) in [5.41, 5.74) is -4.45. The SMILES string of the molecule is CN(C)c1ccc(C(=O)C[C@@]2(O)C(=O)Nc3c(Cl)ccc(Cl)c32)cc1.COc1ccc(C(=O)C[C@@]2(O)C(=O)Nc3c(F)ccc(Cl)c32)cc1.CS(=O)(=O)c1ccc(C(=O)C[C@@]2(O)C(=O)Nc3c(Cl)ccc(Cl)c32)cc1.O=C(C[C@@]1(O)C(=O)Nc2c(Cl)ccc(Cl)c21)c1ccc(N2CCCC2)cc1. The van der Waals surface area contributed by atoms with Crippen molar-refractivity contribution in [2.45, 2.75) is 65.8 Å². The van der Waals surface area contributed by atoms with Crippen molar-refractivity contribution in [1.82, 2.24) is 0 Å². The Balaban J connectivity index is 0.000000147. The minimum absolute atomic E-state index is 0.00906. The zero-order valence-electron chi connectivity index (χ0n) is 54.1. The topological polar surface area (TPSA) is 315 Å². The molecule has 530 valence electrons. The lowest BCUT2D eigenvalue weighted by Gasteiger charge is -2.21. The van der Waals surface area contributed by atoms with E-state index in [0.29, 0.717) is 16.9 Å². The Morgan fingerprint density at radius 1 is 0.451 bits per heavy atom. The minimum atomic E-state index is -3.40. The van der Waals surface area contributed by atoms with Crippen molar-refractivity contribution in [2.75, 3.05) is 71.6 Å². The number of hydrogen-bond donors (Lipinski definition) is 8. The average molecular weight is 1550 g/mol. The van der Waals surface area contributed by atoms with Crippen LogP contribution in [0.3, 0.4) is 0 Å². The van der Waals surface area contributed by atoms with Crippen LogP contribution in [0.1, 0.15) is 102 Å². The van der Waals surface area contributed by atoms with E-state index >= 15 is 0 Å². The second-order valence-electron chi connectivity index (χ2n) is 24.5. The molecule has 4 atom stereocenters. The number of hydrogen-bond acceptors (Lipinski definition) is 17. The molecule has 0 saturated carbocycles. The van der Waals surface area contributed by atoms with Gasteiger partial charge in [-0.05, 0) is 146 Å². The maximum Gasteiger partial charge on any atom is 0.261 e. The number of rotatable bonds is 16. The van der Waals surface area contributed by atoms with Gasteiger partial charge in [-0.25, -0.2) is 12.8 Å². The number of nitrogens with one attached hydrogen (secondary N) is 4. The number of ether oxygens (including phenoxy) is 1. The number of amides is 4. The lowest BCUT2D eigenvalue weighted by Crippen LogP contribution is -2.36. The molecule has 0 aromatic heterocycles. The maximum atomic E-state index is 13.8. The van der Waals surface area contributed by atoms with E-state index in [4.69, 9.17) is 85.9 Å². The summed E-state index contributed by atoms with van der Waals surface area (Å²) in [4.78, 5) is 104. The smallest absolute Gasteiger partial charge is 0.261 e. The maximum absolute atomic E-state index is 13.8. The summed E-state index contributed by atoms with van der Waals surface area (Å²) >= 11 is 42.6. The molecule has 1 saturated heterocycles. The molecular formula is C72H60Cl7FN6O15S. The minimum Gasteiger partial charge on any atom is -0.497 e. The number of methoxy groups -OCH3 is 1. The van der Waals surface area contributed by atoms with Crippen LogP contribution < -0.4 is 35.8 Å². The first-order valence-electron chi connectivity index (χ1n) is 30.8. The number of carbonyl (C=O) groups excluding carboxylic acids is 8. The molecule has 5 aliphatic rings. The Bertz CT molecular complexity index is 4880. The number of benzene rings is 8.